The number of hydrogen-bond donors (Lipinski definition) is 1. The molecule has 0 saturated carbocycles. The van der Waals surface area contributed by atoms with Crippen LogP contribution in [0.3, 0.4) is 0 Å². The molecule has 0 spiro atoms. The monoisotopic (exact) mass is 419 g/mol. The number of aromatic nitrogens is 2. The molecular weight excluding hydrogens is 398 g/mol. The van der Waals surface area contributed by atoms with Crippen LogP contribution in [-0.4, -0.2) is 15.5 Å². The van der Waals surface area contributed by atoms with Gasteiger partial charge in [0.25, 0.3) is 11.5 Å². The van der Waals surface area contributed by atoms with E-state index in [0.29, 0.717) is 17.9 Å². The first-order chi connectivity index (χ1) is 15.6. The van der Waals surface area contributed by atoms with Crippen molar-refractivity contribution >= 4 is 33.4 Å². The molecule has 0 bridgehead atoms. The summed E-state index contributed by atoms with van der Waals surface area (Å²) in [4.78, 5) is 31.1. The van der Waals surface area contributed by atoms with Crippen LogP contribution in [0, 0.1) is 6.92 Å². The van der Waals surface area contributed by atoms with Gasteiger partial charge in [0.1, 0.15) is 11.2 Å². The molecule has 0 saturated heterocycles. The van der Waals surface area contributed by atoms with Gasteiger partial charge in [-0.1, -0.05) is 66.2 Å². The van der Waals surface area contributed by atoms with Gasteiger partial charge in [-0.05, 0) is 42.1 Å². The molecule has 2 aromatic heterocycles. The van der Waals surface area contributed by atoms with Crippen molar-refractivity contribution in [2.45, 2.75) is 13.5 Å². The topological polar surface area (TPSA) is 64.0 Å². The molecule has 5 heteroatoms. The summed E-state index contributed by atoms with van der Waals surface area (Å²) in [5.74, 6) is -0.435. The maximum atomic E-state index is 13.4. The Labute approximate surface area is 185 Å². The van der Waals surface area contributed by atoms with Gasteiger partial charge in [0, 0.05) is 22.7 Å². The van der Waals surface area contributed by atoms with Gasteiger partial charge in [0.05, 0.1) is 6.54 Å². The molecule has 5 aromatic rings. The third-order valence-electron chi connectivity index (χ3n) is 5.59. The number of aryl methyl sites for hydroxylation is 1. The number of fused-ring (bicyclic) bond motifs is 2. The van der Waals surface area contributed by atoms with E-state index in [2.05, 4.69) is 10.3 Å². The number of nitrogens with zero attached hydrogens (tertiary/aromatic N) is 2. The lowest BCUT2D eigenvalue weighted by molar-refractivity contribution is 0.102. The summed E-state index contributed by atoms with van der Waals surface area (Å²) >= 11 is 0. The SMILES string of the molecule is Cc1ccc(Cn2c(=O)c(C(=O)Nc3cccc4ccccc34)cc3cccnc32)cc1. The van der Waals surface area contributed by atoms with Crippen molar-refractivity contribution in [3.05, 3.63) is 118 Å². The minimum Gasteiger partial charge on any atom is -0.321 e. The molecule has 32 heavy (non-hydrogen) atoms. The quantitative estimate of drug-likeness (QED) is 0.438. The highest BCUT2D eigenvalue weighted by Crippen LogP contribution is 2.23. The molecule has 156 valence electrons. The second-order valence-electron chi connectivity index (χ2n) is 7.83. The van der Waals surface area contributed by atoms with Crippen LogP contribution in [0.4, 0.5) is 5.69 Å². The predicted octanol–water partition coefficient (Wildman–Crippen LogP) is 5.16. The first kappa shape index (κ1) is 19.7. The fraction of sp³-hybridized carbons (Fsp3) is 0.0741. The van der Waals surface area contributed by atoms with Crippen LogP contribution < -0.4 is 10.9 Å². The Hall–Kier alpha value is -4.25. The maximum Gasteiger partial charge on any atom is 0.265 e. The van der Waals surface area contributed by atoms with Gasteiger partial charge in [0.2, 0.25) is 0 Å². The molecule has 0 aliphatic rings. The average Bonchev–Trinajstić information content (AvgIpc) is 2.82. The molecule has 0 unspecified atom stereocenters. The Morgan fingerprint density at radius 1 is 0.906 bits per heavy atom. The molecule has 5 rings (SSSR count). The second-order valence-corrected chi connectivity index (χ2v) is 7.83. The molecule has 3 aromatic carbocycles. The minimum atomic E-state index is -0.435. The number of anilines is 1. The van der Waals surface area contributed by atoms with Crippen molar-refractivity contribution in [1.29, 1.82) is 0 Å². The van der Waals surface area contributed by atoms with E-state index in [1.807, 2.05) is 79.7 Å². The lowest BCUT2D eigenvalue weighted by Gasteiger charge is -2.13. The molecule has 0 atom stereocenters. The molecular formula is C27H21N3O2. The number of amides is 1. The van der Waals surface area contributed by atoms with Crippen molar-refractivity contribution in [2.24, 2.45) is 0 Å². The molecule has 0 radical (unpaired) electrons. The van der Waals surface area contributed by atoms with Crippen molar-refractivity contribution in [3.63, 3.8) is 0 Å². The number of rotatable bonds is 4. The third-order valence-corrected chi connectivity index (χ3v) is 5.59. The minimum absolute atomic E-state index is 0.0885. The normalized spacial score (nSPS) is 11.0. The zero-order chi connectivity index (χ0) is 22.1. The molecule has 0 aliphatic heterocycles. The summed E-state index contributed by atoms with van der Waals surface area (Å²) in [6.45, 7) is 2.35. The summed E-state index contributed by atoms with van der Waals surface area (Å²) in [7, 11) is 0. The van der Waals surface area contributed by atoms with Crippen LogP contribution in [0.1, 0.15) is 21.5 Å². The molecule has 5 nitrogen and oxygen atoms in total. The summed E-state index contributed by atoms with van der Waals surface area (Å²) in [6.07, 6.45) is 1.66. The van der Waals surface area contributed by atoms with Gasteiger partial charge in [-0.2, -0.15) is 0 Å². The highest BCUT2D eigenvalue weighted by atomic mass is 16.2. The molecule has 0 fully saturated rings. The molecule has 2 heterocycles. The molecule has 1 N–H and O–H groups in total. The van der Waals surface area contributed by atoms with Crippen LogP contribution in [0.15, 0.2) is 95.9 Å². The largest absolute Gasteiger partial charge is 0.321 e. The average molecular weight is 419 g/mol. The summed E-state index contributed by atoms with van der Waals surface area (Å²) < 4.78 is 1.57. The maximum absolute atomic E-state index is 13.4. The van der Waals surface area contributed by atoms with E-state index in [0.717, 1.165) is 27.3 Å². The van der Waals surface area contributed by atoms with E-state index in [-0.39, 0.29) is 11.1 Å². The number of nitrogens with one attached hydrogen (secondary N) is 1. The number of pyridine rings is 2. The number of carbonyl (C=O) groups excluding carboxylic acids is 1. The van der Waals surface area contributed by atoms with Gasteiger partial charge >= 0.3 is 0 Å². The Kier molecular flexibility index (Phi) is 5.00. The van der Waals surface area contributed by atoms with Crippen molar-refractivity contribution < 1.29 is 4.79 Å². The third kappa shape index (κ3) is 3.65. The van der Waals surface area contributed by atoms with E-state index in [9.17, 15) is 9.59 Å². The zero-order valence-electron chi connectivity index (χ0n) is 17.6. The van der Waals surface area contributed by atoms with Crippen LogP contribution in [-0.2, 0) is 6.54 Å². The number of carbonyl (C=O) groups is 1. The Balaban J connectivity index is 1.59. The van der Waals surface area contributed by atoms with E-state index in [4.69, 9.17) is 0 Å². The Morgan fingerprint density at radius 2 is 1.66 bits per heavy atom. The van der Waals surface area contributed by atoms with E-state index in [1.165, 1.54) is 0 Å². The van der Waals surface area contributed by atoms with Crippen LogP contribution in [0.5, 0.6) is 0 Å². The Morgan fingerprint density at radius 3 is 2.50 bits per heavy atom. The fourth-order valence-electron chi connectivity index (χ4n) is 3.92. The highest BCUT2D eigenvalue weighted by Gasteiger charge is 2.17. The fourth-order valence-corrected chi connectivity index (χ4v) is 3.92. The smallest absolute Gasteiger partial charge is 0.265 e. The van der Waals surface area contributed by atoms with E-state index < -0.39 is 5.91 Å². The van der Waals surface area contributed by atoms with Crippen LogP contribution in [0.2, 0.25) is 0 Å². The van der Waals surface area contributed by atoms with Gasteiger partial charge in [-0.25, -0.2) is 4.98 Å². The van der Waals surface area contributed by atoms with Gasteiger partial charge in [-0.15, -0.1) is 0 Å². The molecule has 1 amide bonds. The van der Waals surface area contributed by atoms with Crippen LogP contribution >= 0.6 is 0 Å². The van der Waals surface area contributed by atoms with Gasteiger partial charge in [0.15, 0.2) is 0 Å². The number of hydrogen-bond acceptors (Lipinski definition) is 3. The highest BCUT2D eigenvalue weighted by molar-refractivity contribution is 6.09. The number of benzene rings is 3. The zero-order valence-corrected chi connectivity index (χ0v) is 17.6. The summed E-state index contributed by atoms with van der Waals surface area (Å²) in [5, 5.41) is 5.61. The predicted molar refractivity (Wildman–Crippen MR) is 128 cm³/mol. The van der Waals surface area contributed by atoms with E-state index in [1.54, 1.807) is 22.9 Å². The Bertz CT molecular complexity index is 1510. The first-order valence-electron chi connectivity index (χ1n) is 10.4. The van der Waals surface area contributed by atoms with E-state index >= 15 is 0 Å². The summed E-state index contributed by atoms with van der Waals surface area (Å²) in [5.41, 5.74) is 3.06. The standard InChI is InChI=1S/C27H21N3O2/c1-18-11-13-19(14-12-18)17-30-25-21(8-5-15-28-25)16-23(27(30)32)26(31)29-24-10-4-7-20-6-2-3-9-22(20)24/h2-16H,17H2,1H3,(H,29,31). The molecule has 0 aliphatic carbocycles. The van der Waals surface area contributed by atoms with Crippen molar-refractivity contribution in [2.75, 3.05) is 5.32 Å². The second kappa shape index (κ2) is 8.12. The summed E-state index contributed by atoms with van der Waals surface area (Å²) in [6, 6.07) is 26.8. The lowest BCUT2D eigenvalue weighted by Crippen LogP contribution is -2.30. The lowest BCUT2D eigenvalue weighted by atomic mass is 10.1. The van der Waals surface area contributed by atoms with Crippen molar-refractivity contribution in [3.8, 4) is 0 Å². The van der Waals surface area contributed by atoms with Crippen molar-refractivity contribution in [1.82, 2.24) is 9.55 Å². The van der Waals surface area contributed by atoms with Gasteiger partial charge < -0.3 is 5.32 Å². The van der Waals surface area contributed by atoms with Gasteiger partial charge in [-0.3, -0.25) is 14.2 Å². The first-order valence-corrected chi connectivity index (χ1v) is 10.4. The van der Waals surface area contributed by atoms with Crippen LogP contribution in [0.25, 0.3) is 21.8 Å².